The predicted octanol–water partition coefficient (Wildman–Crippen LogP) is 3.75. The van der Waals surface area contributed by atoms with Crippen molar-refractivity contribution in [2.75, 3.05) is 0 Å². The highest BCUT2D eigenvalue weighted by atomic mass is 16.3. The topological polar surface area (TPSA) is 20.2 Å². The lowest BCUT2D eigenvalue weighted by Crippen LogP contribution is -1.77. The smallest absolute Gasteiger partial charge is 0.111 e. The van der Waals surface area contributed by atoms with E-state index in [9.17, 15) is 0 Å². The molecule has 0 aromatic carbocycles. The lowest BCUT2D eigenvalue weighted by Gasteiger charge is -1.96. The molecule has 0 heterocycles. The van der Waals surface area contributed by atoms with Gasteiger partial charge in [-0.1, -0.05) is 31.6 Å². The van der Waals surface area contributed by atoms with Gasteiger partial charge >= 0.3 is 0 Å². The van der Waals surface area contributed by atoms with Gasteiger partial charge in [0.2, 0.25) is 0 Å². The lowest BCUT2D eigenvalue weighted by atomic mass is 10.1. The van der Waals surface area contributed by atoms with E-state index in [1.54, 1.807) is 19.1 Å². The van der Waals surface area contributed by atoms with Crippen LogP contribution in [-0.2, 0) is 0 Å². The minimum absolute atomic E-state index is 0.299. The number of hydrogen-bond donors (Lipinski definition) is 1. The monoisotopic (exact) mass is 166 g/mol. The molecule has 0 spiro atoms. The van der Waals surface area contributed by atoms with Crippen molar-refractivity contribution in [2.24, 2.45) is 0 Å². The number of allylic oxidation sites excluding steroid dienone is 4. The fourth-order valence-electron chi connectivity index (χ4n) is 0.787. The van der Waals surface area contributed by atoms with Crippen molar-refractivity contribution in [3.05, 3.63) is 36.1 Å². The Morgan fingerprint density at radius 1 is 1.42 bits per heavy atom. The van der Waals surface area contributed by atoms with Gasteiger partial charge in [-0.25, -0.2) is 0 Å². The van der Waals surface area contributed by atoms with Gasteiger partial charge in [0.15, 0.2) is 0 Å². The normalized spacial score (nSPS) is 12.3. The minimum Gasteiger partial charge on any atom is -0.508 e. The second kappa shape index (κ2) is 6.71. The zero-order valence-corrected chi connectivity index (χ0v) is 8.01. The van der Waals surface area contributed by atoms with E-state index in [1.807, 2.05) is 6.08 Å². The quantitative estimate of drug-likeness (QED) is 0.487. The van der Waals surface area contributed by atoms with E-state index in [4.69, 9.17) is 5.11 Å². The Kier molecular flexibility index (Phi) is 6.16. The van der Waals surface area contributed by atoms with Crippen molar-refractivity contribution in [3.63, 3.8) is 0 Å². The van der Waals surface area contributed by atoms with Crippen molar-refractivity contribution in [3.8, 4) is 0 Å². The molecule has 0 atom stereocenters. The summed E-state index contributed by atoms with van der Waals surface area (Å²) in [5, 5.41) is 9.07. The predicted molar refractivity (Wildman–Crippen MR) is 54.2 cm³/mol. The standard InChI is InChI=1S/C11H18O/c1-4-6-7-10(3)8-9-11(12)5-2/h5,8-9,12H,3-4,6-7H2,1-2H3/b9-8-,11-5+. The molecule has 12 heavy (non-hydrogen) atoms. The molecule has 0 saturated heterocycles. The minimum atomic E-state index is 0.299. The third-order valence-electron chi connectivity index (χ3n) is 1.64. The van der Waals surface area contributed by atoms with Gasteiger partial charge < -0.3 is 5.11 Å². The van der Waals surface area contributed by atoms with E-state index in [1.165, 1.54) is 12.8 Å². The van der Waals surface area contributed by atoms with Gasteiger partial charge in [-0.15, -0.1) is 0 Å². The summed E-state index contributed by atoms with van der Waals surface area (Å²) in [6.07, 6.45) is 8.57. The van der Waals surface area contributed by atoms with Crippen molar-refractivity contribution >= 4 is 0 Å². The van der Waals surface area contributed by atoms with Crippen molar-refractivity contribution in [1.82, 2.24) is 0 Å². The van der Waals surface area contributed by atoms with Crippen LogP contribution in [0.1, 0.15) is 33.1 Å². The Balaban J connectivity index is 3.76. The van der Waals surface area contributed by atoms with E-state index in [2.05, 4.69) is 13.5 Å². The molecular weight excluding hydrogens is 148 g/mol. The Hall–Kier alpha value is -0.980. The van der Waals surface area contributed by atoms with E-state index < -0.39 is 0 Å². The average molecular weight is 166 g/mol. The molecule has 0 unspecified atom stereocenters. The molecule has 0 fully saturated rings. The molecule has 0 aromatic heterocycles. The van der Waals surface area contributed by atoms with Gasteiger partial charge in [0.05, 0.1) is 0 Å². The molecular formula is C11H18O. The van der Waals surface area contributed by atoms with E-state index in [0.717, 1.165) is 12.0 Å². The number of hydrogen-bond acceptors (Lipinski definition) is 1. The van der Waals surface area contributed by atoms with Crippen LogP contribution in [0.3, 0.4) is 0 Å². The molecule has 0 rings (SSSR count). The zero-order chi connectivity index (χ0) is 9.40. The average Bonchev–Trinajstić information content (AvgIpc) is 2.10. The van der Waals surface area contributed by atoms with Gasteiger partial charge in [-0.05, 0) is 31.9 Å². The van der Waals surface area contributed by atoms with Crippen LogP contribution in [-0.4, -0.2) is 5.11 Å². The summed E-state index contributed by atoms with van der Waals surface area (Å²) in [7, 11) is 0. The molecule has 0 bridgehead atoms. The molecule has 1 N–H and O–H groups in total. The number of aliphatic hydroxyl groups is 1. The van der Waals surface area contributed by atoms with Gasteiger partial charge in [0.1, 0.15) is 5.76 Å². The van der Waals surface area contributed by atoms with Crippen LogP contribution in [0.4, 0.5) is 0 Å². The van der Waals surface area contributed by atoms with E-state index in [0.29, 0.717) is 5.76 Å². The largest absolute Gasteiger partial charge is 0.508 e. The maximum absolute atomic E-state index is 9.07. The summed E-state index contributed by atoms with van der Waals surface area (Å²) in [5.41, 5.74) is 1.07. The van der Waals surface area contributed by atoms with Crippen LogP contribution in [0.25, 0.3) is 0 Å². The van der Waals surface area contributed by atoms with Crippen molar-refractivity contribution < 1.29 is 5.11 Å². The molecule has 1 heteroatoms. The molecule has 0 saturated carbocycles. The zero-order valence-electron chi connectivity index (χ0n) is 8.01. The van der Waals surface area contributed by atoms with Crippen LogP contribution in [0, 0.1) is 0 Å². The molecule has 1 nitrogen and oxygen atoms in total. The SMILES string of the molecule is C=C(/C=C\C(O)=C/C)CCCC. The van der Waals surface area contributed by atoms with Crippen LogP contribution >= 0.6 is 0 Å². The van der Waals surface area contributed by atoms with Crippen LogP contribution in [0.2, 0.25) is 0 Å². The third-order valence-corrected chi connectivity index (χ3v) is 1.64. The maximum Gasteiger partial charge on any atom is 0.111 e. The van der Waals surface area contributed by atoms with Crippen molar-refractivity contribution in [1.29, 1.82) is 0 Å². The molecule has 0 aromatic rings. The lowest BCUT2D eigenvalue weighted by molar-refractivity contribution is 0.431. The molecule has 0 aliphatic carbocycles. The first-order valence-electron chi connectivity index (χ1n) is 4.41. The first kappa shape index (κ1) is 11.0. The fourth-order valence-corrected chi connectivity index (χ4v) is 0.787. The maximum atomic E-state index is 9.07. The van der Waals surface area contributed by atoms with Gasteiger partial charge in [0.25, 0.3) is 0 Å². The molecule has 0 radical (unpaired) electrons. The second-order valence-electron chi connectivity index (χ2n) is 2.81. The molecule has 0 amide bonds. The summed E-state index contributed by atoms with van der Waals surface area (Å²) in [6, 6.07) is 0. The van der Waals surface area contributed by atoms with Crippen LogP contribution < -0.4 is 0 Å². The summed E-state index contributed by atoms with van der Waals surface area (Å²) < 4.78 is 0. The van der Waals surface area contributed by atoms with Gasteiger partial charge in [-0.2, -0.15) is 0 Å². The number of rotatable bonds is 5. The third kappa shape index (κ3) is 5.78. The Labute approximate surface area is 75.1 Å². The number of unbranched alkanes of at least 4 members (excludes halogenated alkanes) is 1. The Bertz CT molecular complexity index is 187. The first-order chi connectivity index (χ1) is 5.70. The summed E-state index contributed by atoms with van der Waals surface area (Å²) in [5.74, 6) is 0.299. The Morgan fingerprint density at radius 3 is 2.58 bits per heavy atom. The fraction of sp³-hybridized carbons (Fsp3) is 0.455. The van der Waals surface area contributed by atoms with Gasteiger partial charge in [-0.3, -0.25) is 0 Å². The van der Waals surface area contributed by atoms with E-state index >= 15 is 0 Å². The van der Waals surface area contributed by atoms with Crippen LogP contribution in [0.5, 0.6) is 0 Å². The summed E-state index contributed by atoms with van der Waals surface area (Å²) >= 11 is 0. The van der Waals surface area contributed by atoms with Crippen LogP contribution in [0.15, 0.2) is 36.1 Å². The Morgan fingerprint density at radius 2 is 2.08 bits per heavy atom. The highest BCUT2D eigenvalue weighted by Gasteiger charge is 1.88. The second-order valence-corrected chi connectivity index (χ2v) is 2.81. The highest BCUT2D eigenvalue weighted by molar-refractivity contribution is 5.21. The summed E-state index contributed by atoms with van der Waals surface area (Å²) in [4.78, 5) is 0. The molecule has 0 aliphatic heterocycles. The molecule has 68 valence electrons. The number of aliphatic hydroxyl groups excluding tert-OH is 1. The van der Waals surface area contributed by atoms with E-state index in [-0.39, 0.29) is 0 Å². The highest BCUT2D eigenvalue weighted by Crippen LogP contribution is 2.06. The van der Waals surface area contributed by atoms with Crippen molar-refractivity contribution in [2.45, 2.75) is 33.1 Å². The van der Waals surface area contributed by atoms with Gasteiger partial charge in [0, 0.05) is 0 Å². The molecule has 0 aliphatic rings. The summed E-state index contributed by atoms with van der Waals surface area (Å²) in [6.45, 7) is 7.83. The first-order valence-corrected chi connectivity index (χ1v) is 4.41.